The summed E-state index contributed by atoms with van der Waals surface area (Å²) in [6, 6.07) is 1.72. The van der Waals surface area contributed by atoms with Crippen molar-refractivity contribution in [2.75, 3.05) is 5.73 Å². The van der Waals surface area contributed by atoms with Crippen molar-refractivity contribution in [1.82, 2.24) is 4.98 Å². The van der Waals surface area contributed by atoms with Gasteiger partial charge in [-0.15, -0.1) is 0 Å². The minimum atomic E-state index is 0.481. The topological polar surface area (TPSA) is 38.9 Å². The number of halogens is 1. The molecule has 0 atom stereocenters. The molecule has 1 heterocycles. The number of rotatable bonds is 0. The molecule has 0 unspecified atom stereocenters. The zero-order chi connectivity index (χ0) is 8.85. The fourth-order valence-electron chi connectivity index (χ4n) is 0.524. The molecule has 0 aliphatic heterocycles. The molecule has 62 valence electrons. The van der Waals surface area contributed by atoms with Crippen molar-refractivity contribution >= 4 is 17.3 Å². The van der Waals surface area contributed by atoms with E-state index in [1.807, 2.05) is 20.8 Å². The van der Waals surface area contributed by atoms with Gasteiger partial charge in [0.05, 0.1) is 0 Å². The summed E-state index contributed by atoms with van der Waals surface area (Å²) in [6.45, 7) is 5.84. The maximum absolute atomic E-state index is 5.62. The highest BCUT2D eigenvalue weighted by molar-refractivity contribution is 6.30. The van der Waals surface area contributed by atoms with E-state index in [-0.39, 0.29) is 0 Å². The van der Waals surface area contributed by atoms with Crippen LogP contribution in [0.2, 0.25) is 5.15 Å². The molecule has 0 saturated heterocycles. The Kier molecular flexibility index (Phi) is 4.62. The van der Waals surface area contributed by atoms with Crippen molar-refractivity contribution in [1.29, 1.82) is 0 Å². The molecule has 0 aromatic carbocycles. The fraction of sp³-hybridized carbons (Fsp3) is 0.375. The standard InChI is InChI=1S/C6H7ClN2.C2H6/c1-4-5(8)2-3-9-6(4)7;1-2/h2-3H,1H3,(H2,8,9);1-2H3. The summed E-state index contributed by atoms with van der Waals surface area (Å²) in [5.41, 5.74) is 7.03. The Hall–Kier alpha value is -0.760. The van der Waals surface area contributed by atoms with Gasteiger partial charge in [0.1, 0.15) is 5.15 Å². The Balaban J connectivity index is 0.000000461. The number of aromatic nitrogens is 1. The zero-order valence-corrected chi connectivity index (χ0v) is 7.81. The molecule has 0 aliphatic rings. The van der Waals surface area contributed by atoms with Crippen LogP contribution >= 0.6 is 11.6 Å². The third kappa shape index (κ3) is 2.76. The van der Waals surface area contributed by atoms with E-state index in [9.17, 15) is 0 Å². The molecule has 3 heteroatoms. The van der Waals surface area contributed by atoms with E-state index in [2.05, 4.69) is 4.98 Å². The molecule has 2 nitrogen and oxygen atoms in total. The maximum atomic E-state index is 5.62. The van der Waals surface area contributed by atoms with Crippen molar-refractivity contribution in [3.63, 3.8) is 0 Å². The van der Waals surface area contributed by atoms with Gasteiger partial charge in [-0.1, -0.05) is 25.4 Å². The number of nitrogen functional groups attached to an aromatic ring is 1. The molecular formula is C8H13ClN2. The second-order valence-corrected chi connectivity index (χ2v) is 2.17. The molecule has 1 rings (SSSR count). The number of hydrogen-bond acceptors (Lipinski definition) is 2. The van der Waals surface area contributed by atoms with Gasteiger partial charge in [-0.3, -0.25) is 0 Å². The quantitative estimate of drug-likeness (QED) is 0.612. The Bertz CT molecular complexity index is 203. The first-order chi connectivity index (χ1) is 5.22. The highest BCUT2D eigenvalue weighted by Crippen LogP contribution is 2.16. The third-order valence-corrected chi connectivity index (χ3v) is 1.57. The highest BCUT2D eigenvalue weighted by atomic mass is 35.5. The SMILES string of the molecule is CC.Cc1c(N)ccnc1Cl. The van der Waals surface area contributed by atoms with Crippen molar-refractivity contribution in [3.05, 3.63) is 23.0 Å². The molecule has 1 aromatic heterocycles. The molecule has 0 aliphatic carbocycles. The summed E-state index contributed by atoms with van der Waals surface area (Å²) in [7, 11) is 0. The van der Waals surface area contributed by atoms with Crippen LogP contribution in [0.15, 0.2) is 12.3 Å². The number of pyridine rings is 1. The molecule has 11 heavy (non-hydrogen) atoms. The van der Waals surface area contributed by atoms with Crippen LogP contribution in [0.1, 0.15) is 19.4 Å². The van der Waals surface area contributed by atoms with Crippen LogP contribution in [0.25, 0.3) is 0 Å². The molecule has 0 saturated carbocycles. The number of nitrogens with zero attached hydrogens (tertiary/aromatic N) is 1. The fourth-order valence-corrected chi connectivity index (χ4v) is 0.689. The summed E-state index contributed by atoms with van der Waals surface area (Å²) in [5, 5.41) is 0.481. The minimum absolute atomic E-state index is 0.481. The molecule has 0 fully saturated rings. The van der Waals surface area contributed by atoms with E-state index in [1.165, 1.54) is 0 Å². The summed E-state index contributed by atoms with van der Waals surface area (Å²) in [6.07, 6.45) is 1.59. The van der Waals surface area contributed by atoms with Crippen molar-refractivity contribution in [2.24, 2.45) is 0 Å². The largest absolute Gasteiger partial charge is 0.398 e. The lowest BCUT2D eigenvalue weighted by Crippen LogP contribution is -1.90. The van der Waals surface area contributed by atoms with Gasteiger partial charge in [0, 0.05) is 17.4 Å². The monoisotopic (exact) mass is 172 g/mol. The Morgan fingerprint density at radius 3 is 2.36 bits per heavy atom. The lowest BCUT2D eigenvalue weighted by atomic mass is 10.3. The van der Waals surface area contributed by atoms with Crippen molar-refractivity contribution in [2.45, 2.75) is 20.8 Å². The predicted octanol–water partition coefficient (Wildman–Crippen LogP) is 2.65. The van der Waals surface area contributed by atoms with E-state index in [4.69, 9.17) is 17.3 Å². The van der Waals surface area contributed by atoms with E-state index < -0.39 is 0 Å². The first kappa shape index (κ1) is 10.2. The van der Waals surface area contributed by atoms with Crippen LogP contribution in [0.5, 0.6) is 0 Å². The predicted molar refractivity (Wildman–Crippen MR) is 49.7 cm³/mol. The third-order valence-electron chi connectivity index (χ3n) is 1.18. The molecule has 0 radical (unpaired) electrons. The van der Waals surface area contributed by atoms with Crippen LogP contribution in [0.3, 0.4) is 0 Å². The second kappa shape index (κ2) is 4.97. The van der Waals surface area contributed by atoms with Crippen LogP contribution in [0, 0.1) is 6.92 Å². The van der Waals surface area contributed by atoms with E-state index in [0.29, 0.717) is 10.8 Å². The Labute approximate surface area is 72.4 Å². The van der Waals surface area contributed by atoms with Gasteiger partial charge in [0.15, 0.2) is 0 Å². The summed E-state index contributed by atoms with van der Waals surface area (Å²) < 4.78 is 0. The second-order valence-electron chi connectivity index (χ2n) is 1.82. The van der Waals surface area contributed by atoms with Crippen LogP contribution in [-0.4, -0.2) is 4.98 Å². The normalized spacial score (nSPS) is 8.36. The van der Waals surface area contributed by atoms with Crippen LogP contribution in [-0.2, 0) is 0 Å². The molecule has 2 N–H and O–H groups in total. The first-order valence-corrected chi connectivity index (χ1v) is 3.96. The average molecular weight is 173 g/mol. The van der Waals surface area contributed by atoms with Gasteiger partial charge in [0.2, 0.25) is 0 Å². The van der Waals surface area contributed by atoms with Crippen molar-refractivity contribution in [3.8, 4) is 0 Å². The van der Waals surface area contributed by atoms with Gasteiger partial charge < -0.3 is 5.73 Å². The minimum Gasteiger partial charge on any atom is -0.398 e. The highest BCUT2D eigenvalue weighted by Gasteiger charge is 1.96. The average Bonchev–Trinajstić information content (AvgIpc) is 2.04. The lowest BCUT2D eigenvalue weighted by Gasteiger charge is -1.97. The molecule has 1 aromatic rings. The zero-order valence-electron chi connectivity index (χ0n) is 7.06. The molecule has 0 bridgehead atoms. The van der Waals surface area contributed by atoms with Gasteiger partial charge in [-0.05, 0) is 13.0 Å². The smallest absolute Gasteiger partial charge is 0.133 e. The number of nitrogens with two attached hydrogens (primary N) is 1. The lowest BCUT2D eigenvalue weighted by molar-refractivity contribution is 1.27. The summed E-state index contributed by atoms with van der Waals surface area (Å²) in [5.74, 6) is 0. The summed E-state index contributed by atoms with van der Waals surface area (Å²) in [4.78, 5) is 3.82. The van der Waals surface area contributed by atoms with Crippen molar-refractivity contribution < 1.29 is 0 Å². The van der Waals surface area contributed by atoms with Gasteiger partial charge in [-0.2, -0.15) is 0 Å². The van der Waals surface area contributed by atoms with Gasteiger partial charge in [-0.25, -0.2) is 4.98 Å². The molecule has 0 amide bonds. The van der Waals surface area contributed by atoms with Gasteiger partial charge >= 0.3 is 0 Å². The van der Waals surface area contributed by atoms with Gasteiger partial charge in [0.25, 0.3) is 0 Å². The number of anilines is 1. The molecule has 0 spiro atoms. The Morgan fingerprint density at radius 2 is 2.00 bits per heavy atom. The maximum Gasteiger partial charge on any atom is 0.133 e. The van der Waals surface area contributed by atoms with Crippen LogP contribution < -0.4 is 5.73 Å². The Morgan fingerprint density at radius 1 is 1.45 bits per heavy atom. The first-order valence-electron chi connectivity index (χ1n) is 3.58. The van der Waals surface area contributed by atoms with E-state index in [0.717, 1.165) is 5.56 Å². The van der Waals surface area contributed by atoms with E-state index in [1.54, 1.807) is 12.3 Å². The molecular weight excluding hydrogens is 160 g/mol. The van der Waals surface area contributed by atoms with E-state index >= 15 is 0 Å². The number of hydrogen-bond donors (Lipinski definition) is 1. The van der Waals surface area contributed by atoms with Crippen LogP contribution in [0.4, 0.5) is 5.69 Å². The summed E-state index contributed by atoms with van der Waals surface area (Å²) >= 11 is 5.62.